The normalized spacial score (nSPS) is 11.4. The van der Waals surface area contributed by atoms with Gasteiger partial charge in [0.25, 0.3) is 0 Å². The zero-order valence-corrected chi connectivity index (χ0v) is 16.5. The Balaban J connectivity index is 1.63. The zero-order valence-electron chi connectivity index (χ0n) is 15.7. The number of hydrogen-bond acceptors (Lipinski definition) is 2. The maximum Gasteiger partial charge on any atom is 0.0880 e. The molecule has 6 rings (SSSR count). The van der Waals surface area contributed by atoms with Gasteiger partial charge in [-0.2, -0.15) is 0 Å². The van der Waals surface area contributed by atoms with E-state index < -0.39 is 0 Å². The van der Waals surface area contributed by atoms with Crippen LogP contribution in [0.1, 0.15) is 0 Å². The summed E-state index contributed by atoms with van der Waals surface area (Å²) in [6, 6.07) is 34.5. The molecule has 0 radical (unpaired) electrons. The second-order valence-corrected chi connectivity index (χ2v) is 8.30. The van der Waals surface area contributed by atoms with E-state index in [1.807, 2.05) is 23.6 Å². The lowest BCUT2D eigenvalue weighted by atomic mass is 9.98. The van der Waals surface area contributed by atoms with Gasteiger partial charge in [0.2, 0.25) is 0 Å². The van der Waals surface area contributed by atoms with E-state index in [1.165, 1.54) is 47.6 Å². The minimum absolute atomic E-state index is 1.07. The van der Waals surface area contributed by atoms with Crippen LogP contribution in [0.15, 0.2) is 103 Å². The standard InChI is InChI=1S/C27H17NS/c1-3-7-18(8-4-1)20-11-13-22-21(17-20)12-14-24-25(22)23-15-16-28-26(27(23)29-24)19-9-5-2-6-10-19/h1-17H. The summed E-state index contributed by atoms with van der Waals surface area (Å²) in [5, 5.41) is 5.20. The molecule has 2 aromatic heterocycles. The highest BCUT2D eigenvalue weighted by molar-refractivity contribution is 7.26. The van der Waals surface area contributed by atoms with E-state index in [0.29, 0.717) is 0 Å². The summed E-state index contributed by atoms with van der Waals surface area (Å²) in [7, 11) is 0. The number of rotatable bonds is 2. The van der Waals surface area contributed by atoms with Gasteiger partial charge in [0.15, 0.2) is 0 Å². The van der Waals surface area contributed by atoms with Crippen molar-refractivity contribution in [2.75, 3.05) is 0 Å². The van der Waals surface area contributed by atoms with Crippen molar-refractivity contribution in [2.45, 2.75) is 0 Å². The minimum atomic E-state index is 1.07. The average Bonchev–Trinajstić information content (AvgIpc) is 3.19. The monoisotopic (exact) mass is 387 g/mol. The Kier molecular flexibility index (Phi) is 3.71. The largest absolute Gasteiger partial charge is 0.255 e. The van der Waals surface area contributed by atoms with Crippen molar-refractivity contribution in [3.8, 4) is 22.4 Å². The van der Waals surface area contributed by atoms with Crippen LogP contribution in [-0.2, 0) is 0 Å². The first-order valence-corrected chi connectivity index (χ1v) is 10.5. The van der Waals surface area contributed by atoms with Crippen LogP contribution < -0.4 is 0 Å². The molecule has 0 aliphatic rings. The second-order valence-electron chi connectivity index (χ2n) is 7.24. The molecule has 2 heteroatoms. The first kappa shape index (κ1) is 16.5. The third kappa shape index (κ3) is 2.65. The molecule has 0 aliphatic heterocycles. The Morgan fingerprint density at radius 2 is 1.34 bits per heavy atom. The quantitative estimate of drug-likeness (QED) is 0.294. The van der Waals surface area contributed by atoms with E-state index >= 15 is 0 Å². The smallest absolute Gasteiger partial charge is 0.0880 e. The van der Waals surface area contributed by atoms with Crippen LogP contribution in [0.3, 0.4) is 0 Å². The molecule has 0 bridgehead atoms. The summed E-state index contributed by atoms with van der Waals surface area (Å²) in [6.07, 6.45) is 1.94. The maximum atomic E-state index is 4.72. The molecule has 0 unspecified atom stereocenters. The van der Waals surface area contributed by atoms with Crippen LogP contribution in [0, 0.1) is 0 Å². The molecule has 2 heterocycles. The van der Waals surface area contributed by atoms with Gasteiger partial charge in [-0.05, 0) is 40.1 Å². The van der Waals surface area contributed by atoms with Crippen LogP contribution in [0.4, 0.5) is 0 Å². The highest BCUT2D eigenvalue weighted by Gasteiger charge is 2.14. The Morgan fingerprint density at radius 3 is 2.14 bits per heavy atom. The topological polar surface area (TPSA) is 12.9 Å². The van der Waals surface area contributed by atoms with Crippen molar-refractivity contribution in [1.82, 2.24) is 4.98 Å². The molecule has 1 nitrogen and oxygen atoms in total. The molecule has 0 N–H and O–H groups in total. The van der Waals surface area contributed by atoms with Crippen LogP contribution >= 0.6 is 11.3 Å². The number of hydrogen-bond donors (Lipinski definition) is 0. The third-order valence-corrected chi connectivity index (χ3v) is 6.70. The van der Waals surface area contributed by atoms with Gasteiger partial charge in [0, 0.05) is 27.2 Å². The highest BCUT2D eigenvalue weighted by Crippen LogP contribution is 2.42. The van der Waals surface area contributed by atoms with Gasteiger partial charge in [-0.3, -0.25) is 4.98 Å². The van der Waals surface area contributed by atoms with E-state index in [0.717, 1.165) is 5.69 Å². The van der Waals surface area contributed by atoms with Crippen LogP contribution in [0.25, 0.3) is 53.3 Å². The molecule has 4 aromatic carbocycles. The Morgan fingerprint density at radius 1 is 0.586 bits per heavy atom. The lowest BCUT2D eigenvalue weighted by molar-refractivity contribution is 1.37. The molecule has 29 heavy (non-hydrogen) atoms. The molecule has 0 spiro atoms. The Hall–Kier alpha value is -3.49. The van der Waals surface area contributed by atoms with E-state index in [4.69, 9.17) is 4.98 Å². The molecule has 0 aliphatic carbocycles. The van der Waals surface area contributed by atoms with Gasteiger partial charge in [-0.15, -0.1) is 11.3 Å². The third-order valence-electron chi connectivity index (χ3n) is 5.52. The lowest BCUT2D eigenvalue weighted by Crippen LogP contribution is -1.83. The maximum absolute atomic E-state index is 4.72. The number of fused-ring (bicyclic) bond motifs is 5. The molecular formula is C27H17NS. The van der Waals surface area contributed by atoms with E-state index in [2.05, 4.69) is 91.0 Å². The molecule has 0 fully saturated rings. The lowest BCUT2D eigenvalue weighted by Gasteiger charge is -2.06. The van der Waals surface area contributed by atoms with Gasteiger partial charge in [-0.25, -0.2) is 0 Å². The van der Waals surface area contributed by atoms with Crippen LogP contribution in [0.2, 0.25) is 0 Å². The van der Waals surface area contributed by atoms with Crippen molar-refractivity contribution >= 4 is 42.3 Å². The number of nitrogens with zero attached hydrogens (tertiary/aromatic N) is 1. The SMILES string of the molecule is c1ccc(-c2ccc3c(ccc4sc5c(-c6ccccc6)nccc5c43)c2)cc1. The highest BCUT2D eigenvalue weighted by atomic mass is 32.1. The summed E-state index contributed by atoms with van der Waals surface area (Å²) in [4.78, 5) is 4.72. The van der Waals surface area contributed by atoms with E-state index in [9.17, 15) is 0 Å². The summed E-state index contributed by atoms with van der Waals surface area (Å²) in [5.74, 6) is 0. The fourth-order valence-corrected chi connectivity index (χ4v) is 5.37. The average molecular weight is 388 g/mol. The van der Waals surface area contributed by atoms with E-state index in [-0.39, 0.29) is 0 Å². The predicted octanol–water partition coefficient (Wildman–Crippen LogP) is 7.94. The molecule has 0 atom stereocenters. The predicted molar refractivity (Wildman–Crippen MR) is 126 cm³/mol. The molecule has 136 valence electrons. The molecule has 0 saturated carbocycles. The van der Waals surface area contributed by atoms with Gasteiger partial charge in [0.05, 0.1) is 10.4 Å². The summed E-state index contributed by atoms with van der Waals surface area (Å²) in [5.41, 5.74) is 4.74. The van der Waals surface area contributed by atoms with Crippen molar-refractivity contribution < 1.29 is 0 Å². The van der Waals surface area contributed by atoms with Crippen molar-refractivity contribution in [2.24, 2.45) is 0 Å². The van der Waals surface area contributed by atoms with E-state index in [1.54, 1.807) is 0 Å². The Bertz CT molecular complexity index is 1480. The van der Waals surface area contributed by atoms with Crippen molar-refractivity contribution in [3.63, 3.8) is 0 Å². The van der Waals surface area contributed by atoms with Gasteiger partial charge in [0.1, 0.15) is 0 Å². The summed E-state index contributed by atoms with van der Waals surface area (Å²) in [6.45, 7) is 0. The second kappa shape index (κ2) is 6.54. The summed E-state index contributed by atoms with van der Waals surface area (Å²) >= 11 is 1.84. The molecular weight excluding hydrogens is 370 g/mol. The van der Waals surface area contributed by atoms with Crippen LogP contribution in [-0.4, -0.2) is 4.98 Å². The van der Waals surface area contributed by atoms with Crippen molar-refractivity contribution in [3.05, 3.63) is 103 Å². The minimum Gasteiger partial charge on any atom is -0.255 e. The number of benzene rings is 4. The number of thiophene rings is 1. The molecule has 0 amide bonds. The molecule has 0 saturated heterocycles. The van der Waals surface area contributed by atoms with Gasteiger partial charge >= 0.3 is 0 Å². The Labute approximate surface area is 172 Å². The van der Waals surface area contributed by atoms with Gasteiger partial charge in [-0.1, -0.05) is 78.9 Å². The number of aromatic nitrogens is 1. The summed E-state index contributed by atoms with van der Waals surface area (Å²) < 4.78 is 2.57. The molecule has 6 aromatic rings. The van der Waals surface area contributed by atoms with Crippen LogP contribution in [0.5, 0.6) is 0 Å². The first-order chi connectivity index (χ1) is 14.4. The van der Waals surface area contributed by atoms with Crippen molar-refractivity contribution in [1.29, 1.82) is 0 Å². The first-order valence-electron chi connectivity index (χ1n) is 9.73. The fraction of sp³-hybridized carbons (Fsp3) is 0. The number of pyridine rings is 1. The van der Waals surface area contributed by atoms with Gasteiger partial charge < -0.3 is 0 Å². The zero-order chi connectivity index (χ0) is 19.2. The fourth-order valence-electron chi connectivity index (χ4n) is 4.14.